The van der Waals surface area contributed by atoms with Gasteiger partial charge in [0, 0.05) is 19.0 Å². The fourth-order valence-corrected chi connectivity index (χ4v) is 3.14. The number of halogens is 3. The summed E-state index contributed by atoms with van der Waals surface area (Å²) in [6, 6.07) is 12.9. The molecule has 1 aliphatic rings. The molecule has 7 heteroatoms. The lowest BCUT2D eigenvalue weighted by molar-refractivity contribution is -0.137. The molecule has 2 N–H and O–H groups in total. The Morgan fingerprint density at radius 1 is 0.920 bits per heavy atom. The highest BCUT2D eigenvalue weighted by Crippen LogP contribution is 2.42. The van der Waals surface area contributed by atoms with Crippen molar-refractivity contribution in [2.75, 3.05) is 13.1 Å². The zero-order valence-electron chi connectivity index (χ0n) is 13.1. The fraction of sp³-hybridized carbons (Fsp3) is 0.278. The van der Waals surface area contributed by atoms with E-state index in [9.17, 15) is 23.1 Å². The zero-order valence-corrected chi connectivity index (χ0v) is 13.1. The molecule has 4 nitrogen and oxygen atoms in total. The van der Waals surface area contributed by atoms with Gasteiger partial charge in [-0.1, -0.05) is 42.5 Å². The van der Waals surface area contributed by atoms with E-state index in [4.69, 9.17) is 5.11 Å². The van der Waals surface area contributed by atoms with Gasteiger partial charge < -0.3 is 15.1 Å². The van der Waals surface area contributed by atoms with Gasteiger partial charge in [-0.25, -0.2) is 4.79 Å². The van der Waals surface area contributed by atoms with Crippen molar-refractivity contribution in [2.24, 2.45) is 5.92 Å². The first-order valence-corrected chi connectivity index (χ1v) is 7.66. The molecule has 0 radical (unpaired) electrons. The van der Waals surface area contributed by atoms with E-state index in [1.807, 2.05) is 0 Å². The third kappa shape index (κ3) is 3.07. The van der Waals surface area contributed by atoms with Gasteiger partial charge in [0.05, 0.1) is 5.56 Å². The third-order valence-corrected chi connectivity index (χ3v) is 4.61. The highest BCUT2D eigenvalue weighted by atomic mass is 19.4. The number of benzene rings is 2. The molecule has 1 unspecified atom stereocenters. The van der Waals surface area contributed by atoms with Crippen molar-refractivity contribution in [1.29, 1.82) is 0 Å². The molecule has 1 amide bonds. The summed E-state index contributed by atoms with van der Waals surface area (Å²) < 4.78 is 38.3. The summed E-state index contributed by atoms with van der Waals surface area (Å²) in [6.07, 6.45) is -5.54. The summed E-state index contributed by atoms with van der Waals surface area (Å²) in [4.78, 5) is 12.2. The molecule has 2 aromatic carbocycles. The summed E-state index contributed by atoms with van der Waals surface area (Å²) in [7, 11) is 0. The van der Waals surface area contributed by atoms with Gasteiger partial charge in [-0.2, -0.15) is 13.2 Å². The van der Waals surface area contributed by atoms with E-state index < -0.39 is 29.4 Å². The second kappa shape index (κ2) is 6.07. The number of nitrogens with zero attached hydrogens (tertiary/aromatic N) is 1. The molecule has 3 rings (SSSR count). The third-order valence-electron chi connectivity index (χ3n) is 4.61. The number of aliphatic hydroxyl groups is 1. The Balaban J connectivity index is 1.99. The maximum Gasteiger partial charge on any atom is 0.416 e. The molecular weight excluding hydrogens is 335 g/mol. The van der Waals surface area contributed by atoms with Gasteiger partial charge in [-0.05, 0) is 23.3 Å². The molecule has 132 valence electrons. The van der Waals surface area contributed by atoms with Crippen molar-refractivity contribution in [3.63, 3.8) is 0 Å². The average Bonchev–Trinajstić information content (AvgIpc) is 2.53. The first kappa shape index (κ1) is 17.3. The van der Waals surface area contributed by atoms with Crippen LogP contribution in [0.2, 0.25) is 0 Å². The van der Waals surface area contributed by atoms with Gasteiger partial charge in [0.1, 0.15) is 5.60 Å². The van der Waals surface area contributed by atoms with Crippen LogP contribution in [0.25, 0.3) is 0 Å². The standard InChI is InChI=1S/C18H16F3NO3/c19-18(20,21)14-8-6-13(7-9-14)17(25,12-4-2-1-3-5-12)15-10-22(11-15)16(23)24/h1-9,15,25H,10-11H2,(H,23,24). The van der Waals surface area contributed by atoms with E-state index in [0.717, 1.165) is 17.0 Å². The van der Waals surface area contributed by atoms with Crippen molar-refractivity contribution in [1.82, 2.24) is 4.90 Å². The fourth-order valence-electron chi connectivity index (χ4n) is 3.14. The predicted octanol–water partition coefficient (Wildman–Crippen LogP) is 3.55. The summed E-state index contributed by atoms with van der Waals surface area (Å²) in [5, 5.41) is 20.4. The Morgan fingerprint density at radius 2 is 1.40 bits per heavy atom. The number of carbonyl (C=O) groups is 1. The Kier molecular flexibility index (Phi) is 4.20. The smallest absolute Gasteiger partial charge is 0.416 e. The van der Waals surface area contributed by atoms with E-state index in [0.29, 0.717) is 11.1 Å². The molecule has 0 aliphatic carbocycles. The first-order chi connectivity index (χ1) is 11.7. The van der Waals surface area contributed by atoms with Gasteiger partial charge in [-0.15, -0.1) is 0 Å². The van der Waals surface area contributed by atoms with Crippen molar-refractivity contribution >= 4 is 6.09 Å². The van der Waals surface area contributed by atoms with Crippen molar-refractivity contribution in [3.8, 4) is 0 Å². The number of hydrogen-bond donors (Lipinski definition) is 2. The zero-order chi connectivity index (χ0) is 18.2. The number of alkyl halides is 3. The highest BCUT2D eigenvalue weighted by molar-refractivity contribution is 5.66. The van der Waals surface area contributed by atoms with Crippen molar-refractivity contribution in [3.05, 3.63) is 71.3 Å². The highest BCUT2D eigenvalue weighted by Gasteiger charge is 2.48. The normalized spacial score (nSPS) is 17.7. The first-order valence-electron chi connectivity index (χ1n) is 7.66. The molecule has 0 spiro atoms. The Morgan fingerprint density at radius 3 is 1.88 bits per heavy atom. The SMILES string of the molecule is O=C(O)N1CC(C(O)(c2ccccc2)c2ccc(C(F)(F)F)cc2)C1. The molecule has 1 atom stereocenters. The summed E-state index contributed by atoms with van der Waals surface area (Å²) in [6.45, 7) is 0.226. The van der Waals surface area contributed by atoms with Crippen LogP contribution in [0.4, 0.5) is 18.0 Å². The number of hydrogen-bond acceptors (Lipinski definition) is 2. The average molecular weight is 351 g/mol. The van der Waals surface area contributed by atoms with Gasteiger partial charge >= 0.3 is 12.3 Å². The molecule has 0 saturated carbocycles. The van der Waals surface area contributed by atoms with Gasteiger partial charge in [0.25, 0.3) is 0 Å². The van der Waals surface area contributed by atoms with Gasteiger partial charge in [0.2, 0.25) is 0 Å². The van der Waals surface area contributed by atoms with E-state index in [1.54, 1.807) is 30.3 Å². The topological polar surface area (TPSA) is 60.8 Å². The maximum absolute atomic E-state index is 12.8. The number of rotatable bonds is 3. The van der Waals surface area contributed by atoms with Crippen LogP contribution in [0, 0.1) is 5.92 Å². The van der Waals surface area contributed by atoms with E-state index in [-0.39, 0.29) is 13.1 Å². The quantitative estimate of drug-likeness (QED) is 0.889. The van der Waals surface area contributed by atoms with Crippen LogP contribution in [0.15, 0.2) is 54.6 Å². The molecule has 0 bridgehead atoms. The van der Waals surface area contributed by atoms with Crippen LogP contribution in [0.1, 0.15) is 16.7 Å². The Bertz CT molecular complexity index is 755. The molecule has 1 aliphatic heterocycles. The predicted molar refractivity (Wildman–Crippen MR) is 84.0 cm³/mol. The Hall–Kier alpha value is -2.54. The van der Waals surface area contributed by atoms with Gasteiger partial charge in [-0.3, -0.25) is 0 Å². The molecule has 0 aromatic heterocycles. The summed E-state index contributed by atoms with van der Waals surface area (Å²) in [5.41, 5.74) is -1.53. The van der Waals surface area contributed by atoms with Crippen LogP contribution in [0.5, 0.6) is 0 Å². The minimum absolute atomic E-state index is 0.113. The number of likely N-dealkylation sites (tertiary alicyclic amines) is 1. The summed E-state index contributed by atoms with van der Waals surface area (Å²) in [5.74, 6) is -0.442. The lowest BCUT2D eigenvalue weighted by atomic mass is 9.72. The van der Waals surface area contributed by atoms with Crippen LogP contribution < -0.4 is 0 Å². The largest absolute Gasteiger partial charge is 0.465 e. The molecule has 1 fully saturated rings. The van der Waals surface area contributed by atoms with Crippen molar-refractivity contribution < 1.29 is 28.2 Å². The van der Waals surface area contributed by atoms with Crippen molar-refractivity contribution in [2.45, 2.75) is 11.8 Å². The van der Waals surface area contributed by atoms with Crippen LogP contribution in [-0.2, 0) is 11.8 Å². The Labute approximate surface area is 142 Å². The minimum atomic E-state index is -4.46. The lowest BCUT2D eigenvalue weighted by Crippen LogP contribution is -2.58. The second-order valence-corrected chi connectivity index (χ2v) is 6.09. The molecule has 25 heavy (non-hydrogen) atoms. The van der Waals surface area contributed by atoms with Gasteiger partial charge in [0.15, 0.2) is 0 Å². The second-order valence-electron chi connectivity index (χ2n) is 6.09. The lowest BCUT2D eigenvalue weighted by Gasteiger charge is -2.47. The summed E-state index contributed by atoms with van der Waals surface area (Å²) >= 11 is 0. The number of carboxylic acid groups (broad SMARTS) is 1. The number of amides is 1. The maximum atomic E-state index is 12.8. The van der Waals surface area contributed by atoms with E-state index in [2.05, 4.69) is 0 Å². The minimum Gasteiger partial charge on any atom is -0.465 e. The monoisotopic (exact) mass is 351 g/mol. The van der Waals surface area contributed by atoms with E-state index >= 15 is 0 Å². The molecule has 2 aromatic rings. The van der Waals surface area contributed by atoms with Crippen LogP contribution in [0.3, 0.4) is 0 Å². The molecular formula is C18H16F3NO3. The van der Waals surface area contributed by atoms with Crippen LogP contribution >= 0.6 is 0 Å². The molecule has 1 saturated heterocycles. The van der Waals surface area contributed by atoms with E-state index in [1.165, 1.54) is 12.1 Å². The van der Waals surface area contributed by atoms with Crippen LogP contribution in [-0.4, -0.2) is 34.3 Å². The molecule has 1 heterocycles.